The van der Waals surface area contributed by atoms with Gasteiger partial charge in [0.25, 0.3) is 5.91 Å². The van der Waals surface area contributed by atoms with E-state index in [1.165, 1.54) is 23.1 Å². The molecule has 0 bridgehead atoms. The average molecular weight is 452 g/mol. The summed E-state index contributed by atoms with van der Waals surface area (Å²) in [6, 6.07) is 5.67. The van der Waals surface area contributed by atoms with E-state index in [9.17, 15) is 26.4 Å². The van der Waals surface area contributed by atoms with Crippen LogP contribution in [0.25, 0.3) is 0 Å². The first kappa shape index (κ1) is 22.8. The predicted octanol–water partition coefficient (Wildman–Crippen LogP) is 2.22. The van der Waals surface area contributed by atoms with E-state index in [1.54, 1.807) is 10.8 Å². The number of nitrogens with one attached hydrogen (secondary N) is 1. The van der Waals surface area contributed by atoms with Gasteiger partial charge in [-0.05, 0) is 24.5 Å². The maximum atomic E-state index is 12.7. The van der Waals surface area contributed by atoms with Crippen molar-refractivity contribution in [3.63, 3.8) is 0 Å². The first-order chi connectivity index (χ1) is 14.2. The van der Waals surface area contributed by atoms with Gasteiger partial charge in [0, 0.05) is 19.5 Å². The zero-order valence-corrected chi connectivity index (χ0v) is 16.9. The van der Waals surface area contributed by atoms with E-state index >= 15 is 0 Å². The summed E-state index contributed by atoms with van der Waals surface area (Å²) in [6.07, 6.45) is 0.673. The van der Waals surface area contributed by atoms with Crippen LogP contribution in [0.15, 0.2) is 24.3 Å². The largest absolute Gasteiger partial charge is 0.516 e. The monoisotopic (exact) mass is 452 g/mol. The molecule has 168 valence electrons. The van der Waals surface area contributed by atoms with Gasteiger partial charge < -0.3 is 19.1 Å². The molecule has 0 radical (unpaired) electrons. The number of carbonyl (C=O) groups excluding carboxylic acids is 1. The fourth-order valence-corrected chi connectivity index (χ4v) is 3.87. The quantitative estimate of drug-likeness (QED) is 0.650. The summed E-state index contributed by atoms with van der Waals surface area (Å²) in [5, 5.41) is 0. The molecule has 1 amide bonds. The molecule has 1 aromatic carbocycles. The van der Waals surface area contributed by atoms with Crippen molar-refractivity contribution < 1.29 is 40.6 Å². The average Bonchev–Trinajstić information content (AvgIpc) is 3.18. The third-order valence-electron chi connectivity index (χ3n) is 4.77. The van der Waals surface area contributed by atoms with Gasteiger partial charge in [-0.15, -0.1) is 0 Å². The number of carbonyl (C=O) groups is 1. The lowest BCUT2D eigenvalue weighted by Gasteiger charge is -2.32. The second-order valence-electron chi connectivity index (χ2n) is 6.93. The number of hydrogen-bond acceptors (Lipinski definition) is 6. The van der Waals surface area contributed by atoms with Crippen LogP contribution in [0.4, 0.5) is 18.9 Å². The Morgan fingerprint density at radius 2 is 1.90 bits per heavy atom. The van der Waals surface area contributed by atoms with Crippen LogP contribution in [-0.2, 0) is 35.6 Å². The molecule has 1 unspecified atom stereocenters. The Kier molecular flexibility index (Phi) is 7.22. The molecule has 8 nitrogen and oxygen atoms in total. The highest BCUT2D eigenvalue weighted by Crippen LogP contribution is 2.28. The van der Waals surface area contributed by atoms with E-state index in [1.807, 2.05) is 0 Å². The van der Waals surface area contributed by atoms with Crippen molar-refractivity contribution in [2.75, 3.05) is 31.1 Å². The van der Waals surface area contributed by atoms with Crippen molar-refractivity contribution in [2.45, 2.75) is 43.7 Å². The van der Waals surface area contributed by atoms with Crippen LogP contribution in [0.3, 0.4) is 0 Å². The lowest BCUT2D eigenvalue weighted by molar-refractivity contribution is -0.150. The first-order valence-electron chi connectivity index (χ1n) is 9.48. The molecule has 1 N–H and O–H groups in total. The standard InChI is InChI=1S/C18H23F3N2O6S/c19-18(20,21)30(25,26)22-14-5-2-1-4-13(14)12-23-8-3-6-15(17(23)24)27-9-7-16-28-10-11-29-16/h1-2,4-5,15-16,22H,3,6-12H2. The smallest absolute Gasteiger partial charge is 0.368 e. The lowest BCUT2D eigenvalue weighted by atomic mass is 10.1. The molecule has 2 aliphatic rings. The van der Waals surface area contributed by atoms with Crippen molar-refractivity contribution in [1.82, 2.24) is 4.90 Å². The number of ether oxygens (including phenoxy) is 3. The number of para-hydroxylation sites is 1. The molecule has 2 heterocycles. The minimum absolute atomic E-state index is 0.0376. The zero-order valence-electron chi connectivity index (χ0n) is 16.1. The normalized spacial score (nSPS) is 21.2. The van der Waals surface area contributed by atoms with Crippen LogP contribution >= 0.6 is 0 Å². The third-order valence-corrected chi connectivity index (χ3v) is 5.87. The molecule has 0 aromatic heterocycles. The lowest BCUT2D eigenvalue weighted by Crippen LogP contribution is -2.45. The Morgan fingerprint density at radius 1 is 1.20 bits per heavy atom. The van der Waals surface area contributed by atoms with Crippen LogP contribution < -0.4 is 4.72 Å². The van der Waals surface area contributed by atoms with Gasteiger partial charge >= 0.3 is 15.5 Å². The third kappa shape index (κ3) is 5.62. The molecule has 12 heteroatoms. The fourth-order valence-electron chi connectivity index (χ4n) is 3.26. The van der Waals surface area contributed by atoms with Gasteiger partial charge in [-0.2, -0.15) is 21.6 Å². The Labute approximate surface area is 172 Å². The van der Waals surface area contributed by atoms with E-state index in [0.29, 0.717) is 39.0 Å². The maximum Gasteiger partial charge on any atom is 0.516 e. The summed E-state index contributed by atoms with van der Waals surface area (Å²) in [5.74, 6) is -0.289. The molecule has 0 saturated carbocycles. The van der Waals surface area contributed by atoms with Gasteiger partial charge in [-0.3, -0.25) is 9.52 Å². The van der Waals surface area contributed by atoms with Crippen molar-refractivity contribution in [1.29, 1.82) is 0 Å². The number of amides is 1. The number of hydrogen-bond donors (Lipinski definition) is 1. The molecule has 2 saturated heterocycles. The number of benzene rings is 1. The van der Waals surface area contributed by atoms with Crippen LogP contribution in [-0.4, -0.2) is 63.5 Å². The molecule has 2 fully saturated rings. The Morgan fingerprint density at radius 3 is 2.60 bits per heavy atom. The second-order valence-corrected chi connectivity index (χ2v) is 8.60. The minimum atomic E-state index is -5.56. The van der Waals surface area contributed by atoms with Gasteiger partial charge in [0.15, 0.2) is 6.29 Å². The highest BCUT2D eigenvalue weighted by molar-refractivity contribution is 7.93. The van der Waals surface area contributed by atoms with Crippen LogP contribution in [0.2, 0.25) is 0 Å². The molecular weight excluding hydrogens is 429 g/mol. The maximum absolute atomic E-state index is 12.7. The summed E-state index contributed by atoms with van der Waals surface area (Å²) < 4.78 is 78.9. The molecule has 2 aliphatic heterocycles. The minimum Gasteiger partial charge on any atom is -0.368 e. The number of piperidine rings is 1. The van der Waals surface area contributed by atoms with Crippen molar-refractivity contribution in [3.8, 4) is 0 Å². The highest BCUT2D eigenvalue weighted by Gasteiger charge is 2.46. The molecule has 0 aliphatic carbocycles. The van der Waals surface area contributed by atoms with Gasteiger partial charge in [0.1, 0.15) is 6.10 Å². The van der Waals surface area contributed by atoms with Crippen LogP contribution in [0.5, 0.6) is 0 Å². The summed E-state index contributed by atoms with van der Waals surface area (Å²) >= 11 is 0. The SMILES string of the molecule is O=C1C(OCCC2OCCO2)CCCN1Cc1ccccc1NS(=O)(=O)C(F)(F)F. The second kappa shape index (κ2) is 9.50. The van der Waals surface area contributed by atoms with E-state index in [4.69, 9.17) is 14.2 Å². The molecule has 30 heavy (non-hydrogen) atoms. The number of halogens is 3. The van der Waals surface area contributed by atoms with Gasteiger partial charge in [-0.1, -0.05) is 18.2 Å². The number of likely N-dealkylation sites (tertiary alicyclic amines) is 1. The van der Waals surface area contributed by atoms with E-state index in [2.05, 4.69) is 0 Å². The molecule has 1 atom stereocenters. The Hall–Kier alpha value is -1.89. The first-order valence-corrected chi connectivity index (χ1v) is 11.0. The molecule has 1 aromatic rings. The molecule has 0 spiro atoms. The summed E-state index contributed by atoms with van der Waals surface area (Å²) in [5.41, 5.74) is -5.40. The van der Waals surface area contributed by atoms with Crippen molar-refractivity contribution >= 4 is 21.6 Å². The van der Waals surface area contributed by atoms with Crippen LogP contribution in [0.1, 0.15) is 24.8 Å². The number of nitrogens with zero attached hydrogens (tertiary/aromatic N) is 1. The fraction of sp³-hybridized carbons (Fsp3) is 0.611. The van der Waals surface area contributed by atoms with Crippen molar-refractivity contribution in [2.24, 2.45) is 0 Å². The van der Waals surface area contributed by atoms with Gasteiger partial charge in [-0.25, -0.2) is 0 Å². The summed E-state index contributed by atoms with van der Waals surface area (Å²) in [7, 11) is -5.56. The summed E-state index contributed by atoms with van der Waals surface area (Å²) in [4.78, 5) is 14.2. The van der Waals surface area contributed by atoms with Crippen molar-refractivity contribution in [3.05, 3.63) is 29.8 Å². The van der Waals surface area contributed by atoms with Gasteiger partial charge in [0.2, 0.25) is 0 Å². The van der Waals surface area contributed by atoms with E-state index < -0.39 is 21.6 Å². The number of alkyl halides is 3. The molecular formula is C18H23F3N2O6S. The highest BCUT2D eigenvalue weighted by atomic mass is 32.2. The summed E-state index contributed by atoms with van der Waals surface area (Å²) in [6.45, 7) is 1.69. The number of sulfonamides is 1. The number of anilines is 1. The van der Waals surface area contributed by atoms with E-state index in [-0.39, 0.29) is 36.6 Å². The Bertz CT molecular complexity index is 843. The molecule has 3 rings (SSSR count). The topological polar surface area (TPSA) is 94.2 Å². The zero-order chi connectivity index (χ0) is 21.8. The van der Waals surface area contributed by atoms with E-state index in [0.717, 1.165) is 0 Å². The van der Waals surface area contributed by atoms with Crippen LogP contribution in [0, 0.1) is 0 Å². The predicted molar refractivity (Wildman–Crippen MR) is 99.7 cm³/mol. The van der Waals surface area contributed by atoms with Gasteiger partial charge in [0.05, 0.1) is 25.5 Å². The number of rotatable bonds is 8. The Balaban J connectivity index is 1.62.